The van der Waals surface area contributed by atoms with Gasteiger partial charge in [-0.1, -0.05) is 6.92 Å². The Morgan fingerprint density at radius 2 is 1.78 bits per heavy atom. The molecule has 0 saturated heterocycles. The Morgan fingerprint density at radius 1 is 1.22 bits per heavy atom. The molecule has 0 aromatic carbocycles. The van der Waals surface area contributed by atoms with Gasteiger partial charge in [0.25, 0.3) is 0 Å². The van der Waals surface area contributed by atoms with E-state index in [0.717, 1.165) is 32.2 Å². The summed E-state index contributed by atoms with van der Waals surface area (Å²) >= 11 is 0. The van der Waals surface area contributed by atoms with Gasteiger partial charge in [-0.3, -0.25) is 4.90 Å². The van der Waals surface area contributed by atoms with Crippen molar-refractivity contribution in [3.05, 3.63) is 0 Å². The van der Waals surface area contributed by atoms with Gasteiger partial charge >= 0.3 is 0 Å². The molecule has 1 rings (SSSR count). The summed E-state index contributed by atoms with van der Waals surface area (Å²) < 4.78 is 23.7. The summed E-state index contributed by atoms with van der Waals surface area (Å²) in [4.78, 5) is 2.31. The Bertz CT molecular complexity index is 333. The molecule has 0 spiro atoms. The first-order chi connectivity index (χ1) is 8.36. The van der Waals surface area contributed by atoms with Gasteiger partial charge in [-0.2, -0.15) is 0 Å². The number of nitrogens with zero attached hydrogens (tertiary/aromatic N) is 1. The molecule has 2 N–H and O–H groups in total. The van der Waals surface area contributed by atoms with Gasteiger partial charge in [-0.05, 0) is 46.1 Å². The lowest BCUT2D eigenvalue weighted by atomic mass is 9.91. The summed E-state index contributed by atoms with van der Waals surface area (Å²) in [6.07, 6.45) is 4.35. The van der Waals surface area contributed by atoms with E-state index in [0.29, 0.717) is 18.6 Å². The van der Waals surface area contributed by atoms with Crippen LogP contribution in [0.3, 0.4) is 0 Å². The molecule has 0 bridgehead atoms. The van der Waals surface area contributed by atoms with Crippen molar-refractivity contribution in [1.82, 2.24) is 4.90 Å². The Kier molecular flexibility index (Phi) is 6.08. The van der Waals surface area contributed by atoms with Crippen molar-refractivity contribution in [2.45, 2.75) is 63.8 Å². The summed E-state index contributed by atoms with van der Waals surface area (Å²) in [6, 6.07) is 0.872. The van der Waals surface area contributed by atoms with E-state index in [1.165, 1.54) is 0 Å². The molecule has 0 atom stereocenters. The standard InChI is InChI=1S/C13H28N2O2S/c1-4-15(9-10-18(16,17)11(2)3)13-7-5-12(14)6-8-13/h11-13H,4-10,14H2,1-3H3. The van der Waals surface area contributed by atoms with E-state index in [4.69, 9.17) is 5.73 Å². The second-order valence-corrected chi connectivity index (χ2v) is 8.29. The van der Waals surface area contributed by atoms with Crippen molar-refractivity contribution >= 4 is 9.84 Å². The van der Waals surface area contributed by atoms with Gasteiger partial charge in [-0.25, -0.2) is 8.42 Å². The highest BCUT2D eigenvalue weighted by Crippen LogP contribution is 2.22. The Hall–Kier alpha value is -0.130. The second kappa shape index (κ2) is 6.87. The molecule has 108 valence electrons. The Balaban J connectivity index is 2.48. The fourth-order valence-electron chi connectivity index (χ4n) is 2.55. The lowest BCUT2D eigenvalue weighted by molar-refractivity contribution is 0.165. The maximum absolute atomic E-state index is 11.8. The van der Waals surface area contributed by atoms with Gasteiger partial charge in [0.15, 0.2) is 9.84 Å². The SMILES string of the molecule is CCN(CCS(=O)(=O)C(C)C)C1CCC(N)CC1. The minimum Gasteiger partial charge on any atom is -0.328 e. The fourth-order valence-corrected chi connectivity index (χ4v) is 3.51. The first-order valence-corrected chi connectivity index (χ1v) is 8.79. The molecular weight excluding hydrogens is 248 g/mol. The molecule has 0 heterocycles. The van der Waals surface area contributed by atoms with Crippen LogP contribution in [-0.2, 0) is 9.84 Å². The molecule has 1 saturated carbocycles. The van der Waals surface area contributed by atoms with E-state index < -0.39 is 9.84 Å². The highest BCUT2D eigenvalue weighted by molar-refractivity contribution is 7.92. The van der Waals surface area contributed by atoms with Crippen molar-refractivity contribution in [2.75, 3.05) is 18.8 Å². The number of hydrogen-bond acceptors (Lipinski definition) is 4. The smallest absolute Gasteiger partial charge is 0.153 e. The summed E-state index contributed by atoms with van der Waals surface area (Å²) in [6.45, 7) is 7.21. The van der Waals surface area contributed by atoms with Crippen molar-refractivity contribution in [2.24, 2.45) is 5.73 Å². The van der Waals surface area contributed by atoms with Crippen LogP contribution in [0.25, 0.3) is 0 Å². The summed E-state index contributed by atoms with van der Waals surface area (Å²) in [5, 5.41) is -0.268. The van der Waals surface area contributed by atoms with E-state index in [1.54, 1.807) is 13.8 Å². The van der Waals surface area contributed by atoms with Crippen LogP contribution in [0.4, 0.5) is 0 Å². The minimum absolute atomic E-state index is 0.268. The third-order valence-corrected chi connectivity index (χ3v) is 6.23. The van der Waals surface area contributed by atoms with E-state index in [1.807, 2.05) is 0 Å². The third kappa shape index (κ3) is 4.52. The molecule has 0 unspecified atom stereocenters. The molecule has 0 amide bonds. The van der Waals surface area contributed by atoms with Crippen LogP contribution in [0, 0.1) is 0 Å². The summed E-state index contributed by atoms with van der Waals surface area (Å²) in [5.41, 5.74) is 5.91. The van der Waals surface area contributed by atoms with Gasteiger partial charge < -0.3 is 5.73 Å². The topological polar surface area (TPSA) is 63.4 Å². The molecule has 4 nitrogen and oxygen atoms in total. The van der Waals surface area contributed by atoms with Crippen molar-refractivity contribution in [1.29, 1.82) is 0 Å². The number of nitrogens with two attached hydrogens (primary N) is 1. The van der Waals surface area contributed by atoms with E-state index in [9.17, 15) is 8.42 Å². The second-order valence-electron chi connectivity index (χ2n) is 5.61. The van der Waals surface area contributed by atoms with Crippen molar-refractivity contribution < 1.29 is 8.42 Å². The summed E-state index contributed by atoms with van der Waals surface area (Å²) in [7, 11) is -2.92. The molecule has 1 aliphatic rings. The van der Waals surface area contributed by atoms with E-state index >= 15 is 0 Å². The Labute approximate surface area is 112 Å². The van der Waals surface area contributed by atoms with Crippen LogP contribution in [0.2, 0.25) is 0 Å². The third-order valence-electron chi connectivity index (χ3n) is 4.05. The van der Waals surface area contributed by atoms with Gasteiger partial charge in [0.2, 0.25) is 0 Å². The highest BCUT2D eigenvalue weighted by atomic mass is 32.2. The largest absolute Gasteiger partial charge is 0.328 e. The zero-order valence-electron chi connectivity index (χ0n) is 11.9. The number of sulfone groups is 1. The minimum atomic E-state index is -2.92. The van der Waals surface area contributed by atoms with Gasteiger partial charge in [0, 0.05) is 18.6 Å². The zero-order valence-corrected chi connectivity index (χ0v) is 12.7. The fraction of sp³-hybridized carbons (Fsp3) is 1.00. The lowest BCUT2D eigenvalue weighted by Gasteiger charge is -2.35. The quantitative estimate of drug-likeness (QED) is 0.796. The van der Waals surface area contributed by atoms with Crippen molar-refractivity contribution in [3.63, 3.8) is 0 Å². The molecule has 5 heteroatoms. The zero-order chi connectivity index (χ0) is 13.8. The number of hydrogen-bond donors (Lipinski definition) is 1. The highest BCUT2D eigenvalue weighted by Gasteiger charge is 2.25. The Morgan fingerprint density at radius 3 is 2.22 bits per heavy atom. The predicted molar refractivity (Wildman–Crippen MR) is 76.4 cm³/mol. The van der Waals surface area contributed by atoms with Gasteiger partial charge in [0.05, 0.1) is 11.0 Å². The first kappa shape index (κ1) is 15.9. The van der Waals surface area contributed by atoms with Gasteiger partial charge in [-0.15, -0.1) is 0 Å². The molecule has 1 fully saturated rings. The van der Waals surface area contributed by atoms with E-state index in [2.05, 4.69) is 11.8 Å². The van der Waals surface area contributed by atoms with Crippen LogP contribution in [0.15, 0.2) is 0 Å². The molecule has 0 aliphatic heterocycles. The maximum atomic E-state index is 11.8. The maximum Gasteiger partial charge on any atom is 0.153 e. The van der Waals surface area contributed by atoms with E-state index in [-0.39, 0.29) is 11.0 Å². The van der Waals surface area contributed by atoms with Crippen LogP contribution < -0.4 is 5.73 Å². The predicted octanol–water partition coefficient (Wildman–Crippen LogP) is 1.40. The average Bonchev–Trinajstić information content (AvgIpc) is 2.31. The first-order valence-electron chi connectivity index (χ1n) is 7.08. The molecule has 0 radical (unpaired) electrons. The van der Waals surface area contributed by atoms with Gasteiger partial charge in [0.1, 0.15) is 0 Å². The average molecular weight is 276 g/mol. The normalized spacial score (nSPS) is 25.9. The van der Waals surface area contributed by atoms with Crippen LogP contribution in [0.1, 0.15) is 46.5 Å². The summed E-state index contributed by atoms with van der Waals surface area (Å²) in [5.74, 6) is 0.279. The molecule has 18 heavy (non-hydrogen) atoms. The molecule has 1 aliphatic carbocycles. The molecular formula is C13H28N2O2S. The van der Waals surface area contributed by atoms with Crippen LogP contribution >= 0.6 is 0 Å². The van der Waals surface area contributed by atoms with Crippen molar-refractivity contribution in [3.8, 4) is 0 Å². The monoisotopic (exact) mass is 276 g/mol. The molecule has 0 aromatic rings. The number of rotatable bonds is 6. The molecule has 0 aromatic heterocycles. The lowest BCUT2D eigenvalue weighted by Crippen LogP contribution is -2.43. The van der Waals surface area contributed by atoms with Crippen LogP contribution in [0.5, 0.6) is 0 Å². The van der Waals surface area contributed by atoms with Crippen LogP contribution in [-0.4, -0.2) is 49.5 Å².